The third-order valence-electron chi connectivity index (χ3n) is 3.55. The molecule has 0 bridgehead atoms. The van der Waals surface area contributed by atoms with Gasteiger partial charge in [-0.3, -0.25) is 0 Å². The predicted octanol–water partition coefficient (Wildman–Crippen LogP) is 0.847. The molecule has 1 N–H and O–H groups in total. The molecule has 1 aliphatic heterocycles. The molecule has 1 aliphatic rings. The highest BCUT2D eigenvalue weighted by Crippen LogP contribution is 2.24. The Bertz CT molecular complexity index is 589. The lowest BCUT2D eigenvalue weighted by atomic mass is 10.0. The first-order valence-corrected chi connectivity index (χ1v) is 7.30. The summed E-state index contributed by atoms with van der Waals surface area (Å²) in [7, 11) is 0. The van der Waals surface area contributed by atoms with E-state index in [0.717, 1.165) is 25.8 Å². The Balaban J connectivity index is 1.93. The van der Waals surface area contributed by atoms with Gasteiger partial charge in [0.05, 0.1) is 0 Å². The topological polar surface area (TPSA) is 92.8 Å². The van der Waals surface area contributed by atoms with E-state index in [1.54, 1.807) is 0 Å². The number of halogens is 1. The first kappa shape index (κ1) is 14.2. The molecule has 0 radical (unpaired) electrons. The summed E-state index contributed by atoms with van der Waals surface area (Å²) >= 11 is 6.01. The van der Waals surface area contributed by atoms with Crippen LogP contribution in [-0.2, 0) is 0 Å². The number of aliphatic hydroxyl groups is 1. The number of aromatic nitrogens is 6. The van der Waals surface area contributed by atoms with Crippen molar-refractivity contribution in [2.45, 2.75) is 31.7 Å². The van der Waals surface area contributed by atoms with Gasteiger partial charge in [-0.2, -0.15) is 24.7 Å². The highest BCUT2D eigenvalue weighted by atomic mass is 35.5. The maximum absolute atomic E-state index is 9.21. The van der Waals surface area contributed by atoms with E-state index in [4.69, 9.17) is 11.6 Å². The van der Waals surface area contributed by atoms with Crippen LogP contribution in [0.3, 0.4) is 0 Å². The summed E-state index contributed by atoms with van der Waals surface area (Å²) in [5, 5.41) is 13.3. The lowest BCUT2D eigenvalue weighted by Crippen LogP contribution is -2.41. The fraction of sp³-hybridized carbons (Fsp3) is 0.583. The number of piperidine rings is 1. The lowest BCUT2D eigenvalue weighted by molar-refractivity contribution is 0.261. The van der Waals surface area contributed by atoms with Gasteiger partial charge in [0, 0.05) is 19.2 Å². The van der Waals surface area contributed by atoms with Crippen LogP contribution in [0, 0.1) is 0 Å². The van der Waals surface area contributed by atoms with Crippen LogP contribution in [0.5, 0.6) is 0 Å². The molecule has 2 aromatic heterocycles. The molecule has 3 rings (SSSR count). The van der Waals surface area contributed by atoms with E-state index < -0.39 is 0 Å². The minimum absolute atomic E-state index is 0.124. The Morgan fingerprint density at radius 1 is 1.24 bits per heavy atom. The lowest BCUT2D eigenvalue weighted by Gasteiger charge is -2.35. The standard InChI is InChI=1S/C12H16ClN7O/c13-10-16-11(18-12(17-10)20-8-14-7-15-20)19-5-2-1-3-9(19)4-6-21/h7-9,21H,1-6H2. The van der Waals surface area contributed by atoms with Gasteiger partial charge in [0.15, 0.2) is 0 Å². The van der Waals surface area contributed by atoms with E-state index in [1.165, 1.54) is 17.3 Å². The Hall–Kier alpha value is -1.80. The van der Waals surface area contributed by atoms with Gasteiger partial charge in [0.25, 0.3) is 5.95 Å². The fourth-order valence-corrected chi connectivity index (χ4v) is 2.74. The minimum Gasteiger partial charge on any atom is -0.396 e. The van der Waals surface area contributed by atoms with Crippen molar-refractivity contribution in [1.29, 1.82) is 0 Å². The number of hydrogen-bond acceptors (Lipinski definition) is 7. The van der Waals surface area contributed by atoms with Gasteiger partial charge >= 0.3 is 0 Å². The second-order valence-electron chi connectivity index (χ2n) is 4.90. The molecule has 8 nitrogen and oxygen atoms in total. The zero-order valence-electron chi connectivity index (χ0n) is 11.4. The van der Waals surface area contributed by atoms with Crippen LogP contribution in [-0.4, -0.2) is 54.0 Å². The van der Waals surface area contributed by atoms with Crippen molar-refractivity contribution in [3.63, 3.8) is 0 Å². The van der Waals surface area contributed by atoms with Crippen LogP contribution < -0.4 is 4.90 Å². The van der Waals surface area contributed by atoms with Gasteiger partial charge in [0.1, 0.15) is 12.7 Å². The van der Waals surface area contributed by atoms with Crippen LogP contribution in [0.2, 0.25) is 5.28 Å². The molecular weight excluding hydrogens is 294 g/mol. The third-order valence-corrected chi connectivity index (χ3v) is 3.72. The quantitative estimate of drug-likeness (QED) is 0.894. The molecular formula is C12H16ClN7O. The number of rotatable bonds is 4. The molecule has 1 unspecified atom stereocenters. The first-order valence-electron chi connectivity index (χ1n) is 6.92. The van der Waals surface area contributed by atoms with Crippen LogP contribution in [0.4, 0.5) is 5.95 Å². The summed E-state index contributed by atoms with van der Waals surface area (Å²) in [5.74, 6) is 0.870. The van der Waals surface area contributed by atoms with Gasteiger partial charge in [0.2, 0.25) is 11.2 Å². The molecule has 0 spiro atoms. The molecule has 112 valence electrons. The van der Waals surface area contributed by atoms with E-state index in [9.17, 15) is 5.11 Å². The Morgan fingerprint density at radius 2 is 2.10 bits per heavy atom. The largest absolute Gasteiger partial charge is 0.396 e. The van der Waals surface area contributed by atoms with Crippen molar-refractivity contribution >= 4 is 17.5 Å². The zero-order valence-corrected chi connectivity index (χ0v) is 12.2. The van der Waals surface area contributed by atoms with Gasteiger partial charge in [-0.1, -0.05) is 0 Å². The van der Waals surface area contributed by atoms with Gasteiger partial charge in [-0.25, -0.2) is 4.98 Å². The SMILES string of the molecule is OCCC1CCCCN1c1nc(Cl)nc(-n2cncn2)n1. The normalized spacial score (nSPS) is 19.0. The molecule has 9 heteroatoms. The second kappa shape index (κ2) is 6.31. The van der Waals surface area contributed by atoms with E-state index in [-0.39, 0.29) is 17.9 Å². The van der Waals surface area contributed by atoms with E-state index in [1.807, 2.05) is 0 Å². The molecule has 1 saturated heterocycles. The summed E-state index contributed by atoms with van der Waals surface area (Å²) < 4.78 is 1.45. The molecule has 0 aromatic carbocycles. The summed E-state index contributed by atoms with van der Waals surface area (Å²) in [5.41, 5.74) is 0. The molecule has 1 atom stereocenters. The van der Waals surface area contributed by atoms with E-state index in [2.05, 4.69) is 29.9 Å². The minimum atomic E-state index is 0.124. The fourth-order valence-electron chi connectivity index (χ4n) is 2.58. The second-order valence-corrected chi connectivity index (χ2v) is 5.24. The van der Waals surface area contributed by atoms with Gasteiger partial charge in [-0.15, -0.1) is 0 Å². The zero-order chi connectivity index (χ0) is 14.7. The Labute approximate surface area is 126 Å². The van der Waals surface area contributed by atoms with Crippen molar-refractivity contribution in [1.82, 2.24) is 29.7 Å². The Kier molecular flexibility index (Phi) is 4.26. The van der Waals surface area contributed by atoms with Crippen LogP contribution in [0.1, 0.15) is 25.7 Å². The van der Waals surface area contributed by atoms with Crippen LogP contribution in [0.15, 0.2) is 12.7 Å². The molecule has 2 aromatic rings. The first-order chi connectivity index (χ1) is 10.3. The van der Waals surface area contributed by atoms with E-state index in [0.29, 0.717) is 18.3 Å². The van der Waals surface area contributed by atoms with Crippen molar-refractivity contribution in [2.75, 3.05) is 18.1 Å². The number of nitrogens with zero attached hydrogens (tertiary/aromatic N) is 7. The monoisotopic (exact) mass is 309 g/mol. The summed E-state index contributed by atoms with van der Waals surface area (Å²) in [4.78, 5) is 18.7. The molecule has 0 saturated carbocycles. The smallest absolute Gasteiger partial charge is 0.258 e. The maximum Gasteiger partial charge on any atom is 0.258 e. The maximum atomic E-state index is 9.21. The molecule has 3 heterocycles. The molecule has 21 heavy (non-hydrogen) atoms. The average molecular weight is 310 g/mol. The number of aliphatic hydroxyl groups excluding tert-OH is 1. The van der Waals surface area contributed by atoms with Crippen molar-refractivity contribution in [3.8, 4) is 5.95 Å². The molecule has 0 aliphatic carbocycles. The summed E-state index contributed by atoms with van der Waals surface area (Å²) in [6, 6.07) is 0.228. The van der Waals surface area contributed by atoms with Crippen molar-refractivity contribution < 1.29 is 5.11 Å². The highest BCUT2D eigenvalue weighted by molar-refractivity contribution is 6.28. The number of hydrogen-bond donors (Lipinski definition) is 1. The van der Waals surface area contributed by atoms with Crippen molar-refractivity contribution in [3.05, 3.63) is 17.9 Å². The Morgan fingerprint density at radius 3 is 2.86 bits per heavy atom. The predicted molar refractivity (Wildman–Crippen MR) is 76.4 cm³/mol. The molecule has 0 amide bonds. The molecule has 1 fully saturated rings. The van der Waals surface area contributed by atoms with Gasteiger partial charge < -0.3 is 10.0 Å². The van der Waals surface area contributed by atoms with Crippen LogP contribution in [0.25, 0.3) is 5.95 Å². The summed E-state index contributed by atoms with van der Waals surface area (Å²) in [6.07, 6.45) is 6.86. The summed E-state index contributed by atoms with van der Waals surface area (Å²) in [6.45, 7) is 0.998. The third kappa shape index (κ3) is 3.11. The average Bonchev–Trinajstić information content (AvgIpc) is 3.02. The van der Waals surface area contributed by atoms with Gasteiger partial charge in [-0.05, 0) is 37.3 Å². The number of anilines is 1. The van der Waals surface area contributed by atoms with Crippen LogP contribution >= 0.6 is 11.6 Å². The van der Waals surface area contributed by atoms with E-state index >= 15 is 0 Å². The van der Waals surface area contributed by atoms with Crippen molar-refractivity contribution in [2.24, 2.45) is 0 Å². The highest BCUT2D eigenvalue weighted by Gasteiger charge is 2.25.